The maximum Gasteiger partial charge on any atom is 0.0662 e. The molecule has 2 heterocycles. The molecule has 0 radical (unpaired) electrons. The minimum absolute atomic E-state index is 0.138. The molecule has 2 aliphatic heterocycles. The molecule has 3 rings (SSSR count). The largest absolute Gasteiger partial charge is 0.363 e. The Kier molecular flexibility index (Phi) is 3.27. The summed E-state index contributed by atoms with van der Waals surface area (Å²) >= 11 is 0. The first kappa shape index (κ1) is 12.9. The van der Waals surface area contributed by atoms with Crippen LogP contribution in [0.5, 0.6) is 0 Å². The molecule has 1 fully saturated rings. The van der Waals surface area contributed by atoms with Crippen LogP contribution >= 0.6 is 0 Å². The molecule has 0 aliphatic carbocycles. The summed E-state index contributed by atoms with van der Waals surface area (Å²) in [6, 6.07) is 8.87. The molecule has 2 atom stereocenters. The molecule has 0 bridgehead atoms. The molecule has 2 N–H and O–H groups in total. The number of likely N-dealkylation sites (tertiary alicyclic amines) is 1. The van der Waals surface area contributed by atoms with Crippen molar-refractivity contribution in [2.24, 2.45) is 11.7 Å². The summed E-state index contributed by atoms with van der Waals surface area (Å²) in [5.41, 5.74) is 9.24. The van der Waals surface area contributed by atoms with Gasteiger partial charge in [-0.2, -0.15) is 0 Å². The fourth-order valence-corrected chi connectivity index (χ4v) is 3.80. The molecule has 3 heteroatoms. The van der Waals surface area contributed by atoms with Crippen LogP contribution in [0.25, 0.3) is 0 Å². The highest BCUT2D eigenvalue weighted by molar-refractivity contribution is 5.58. The van der Waals surface area contributed by atoms with Crippen molar-refractivity contribution in [1.82, 2.24) is 4.90 Å². The first-order valence-electron chi connectivity index (χ1n) is 7.39. The predicted molar refractivity (Wildman–Crippen MR) is 80.6 cm³/mol. The fourth-order valence-electron chi connectivity index (χ4n) is 3.80. The molecular formula is C16H25N3. The minimum atomic E-state index is 0.138. The van der Waals surface area contributed by atoms with Crippen LogP contribution < -0.4 is 10.6 Å². The van der Waals surface area contributed by atoms with E-state index in [2.05, 4.69) is 48.0 Å². The van der Waals surface area contributed by atoms with Gasteiger partial charge < -0.3 is 15.5 Å². The number of nitrogens with zero attached hydrogens (tertiary/aromatic N) is 2. The number of hydrogen-bond donors (Lipinski definition) is 1. The molecule has 2 unspecified atom stereocenters. The third-order valence-corrected chi connectivity index (χ3v) is 4.82. The minimum Gasteiger partial charge on any atom is -0.363 e. The van der Waals surface area contributed by atoms with Crippen LogP contribution in [0.15, 0.2) is 24.3 Å². The lowest BCUT2D eigenvalue weighted by molar-refractivity contribution is 0.336. The smallest absolute Gasteiger partial charge is 0.0662 e. The number of fused-ring (bicyclic) bond motifs is 1. The Morgan fingerprint density at radius 3 is 2.84 bits per heavy atom. The van der Waals surface area contributed by atoms with Gasteiger partial charge in [0.2, 0.25) is 0 Å². The normalized spacial score (nSPS) is 31.5. The van der Waals surface area contributed by atoms with E-state index >= 15 is 0 Å². The lowest BCUT2D eigenvalue weighted by Crippen LogP contribution is -2.58. The third-order valence-electron chi connectivity index (χ3n) is 4.82. The zero-order valence-corrected chi connectivity index (χ0v) is 12.1. The van der Waals surface area contributed by atoms with Crippen LogP contribution in [-0.2, 0) is 6.42 Å². The Morgan fingerprint density at radius 2 is 2.16 bits per heavy atom. The van der Waals surface area contributed by atoms with E-state index in [4.69, 9.17) is 5.73 Å². The maximum atomic E-state index is 6.20. The molecule has 104 valence electrons. The molecule has 1 saturated heterocycles. The SMILES string of the molecule is CC1Cc2ccccc2N(C2(CN)CCN(C)C2)C1. The number of hydrogen-bond acceptors (Lipinski definition) is 3. The van der Waals surface area contributed by atoms with Gasteiger partial charge in [0.25, 0.3) is 0 Å². The molecule has 3 nitrogen and oxygen atoms in total. The van der Waals surface area contributed by atoms with Gasteiger partial charge >= 0.3 is 0 Å². The van der Waals surface area contributed by atoms with Crippen molar-refractivity contribution in [3.05, 3.63) is 29.8 Å². The Morgan fingerprint density at radius 1 is 1.37 bits per heavy atom. The number of benzene rings is 1. The second-order valence-electron chi connectivity index (χ2n) is 6.46. The number of rotatable bonds is 2. The summed E-state index contributed by atoms with van der Waals surface area (Å²) in [5.74, 6) is 0.712. The Bertz CT molecular complexity index is 459. The average Bonchev–Trinajstić information content (AvgIpc) is 2.80. The number of para-hydroxylation sites is 1. The maximum absolute atomic E-state index is 6.20. The van der Waals surface area contributed by atoms with Gasteiger partial charge in [-0.3, -0.25) is 0 Å². The highest BCUT2D eigenvalue weighted by atomic mass is 15.3. The van der Waals surface area contributed by atoms with Crippen molar-refractivity contribution in [3.63, 3.8) is 0 Å². The van der Waals surface area contributed by atoms with Crippen molar-refractivity contribution in [2.45, 2.75) is 25.3 Å². The monoisotopic (exact) mass is 259 g/mol. The van der Waals surface area contributed by atoms with Crippen LogP contribution in [0.4, 0.5) is 5.69 Å². The van der Waals surface area contributed by atoms with Crippen molar-refractivity contribution in [2.75, 3.05) is 38.1 Å². The molecular weight excluding hydrogens is 234 g/mol. The van der Waals surface area contributed by atoms with Gasteiger partial charge in [0.1, 0.15) is 0 Å². The summed E-state index contributed by atoms with van der Waals surface area (Å²) in [7, 11) is 2.21. The quantitative estimate of drug-likeness (QED) is 0.878. The Hall–Kier alpha value is -1.06. The van der Waals surface area contributed by atoms with Crippen LogP contribution in [0.3, 0.4) is 0 Å². The van der Waals surface area contributed by atoms with Gasteiger partial charge in [0.15, 0.2) is 0 Å². The highest BCUT2D eigenvalue weighted by Crippen LogP contribution is 2.38. The molecule has 2 aliphatic rings. The summed E-state index contributed by atoms with van der Waals surface area (Å²) in [6.07, 6.45) is 2.38. The molecule has 0 spiro atoms. The number of likely N-dealkylation sites (N-methyl/N-ethyl adjacent to an activating group) is 1. The van der Waals surface area contributed by atoms with E-state index in [0.29, 0.717) is 5.92 Å². The van der Waals surface area contributed by atoms with E-state index in [1.807, 2.05) is 0 Å². The van der Waals surface area contributed by atoms with Gasteiger partial charge in [-0.15, -0.1) is 0 Å². The first-order valence-corrected chi connectivity index (χ1v) is 7.39. The summed E-state index contributed by atoms with van der Waals surface area (Å²) in [6.45, 7) is 6.49. The first-order chi connectivity index (χ1) is 9.14. The summed E-state index contributed by atoms with van der Waals surface area (Å²) in [5, 5.41) is 0. The summed E-state index contributed by atoms with van der Waals surface area (Å²) in [4.78, 5) is 5.02. The van der Waals surface area contributed by atoms with Crippen molar-refractivity contribution < 1.29 is 0 Å². The fraction of sp³-hybridized carbons (Fsp3) is 0.625. The lowest BCUT2D eigenvalue weighted by atomic mass is 9.87. The van der Waals surface area contributed by atoms with E-state index in [0.717, 1.165) is 26.2 Å². The average molecular weight is 259 g/mol. The topological polar surface area (TPSA) is 32.5 Å². The van der Waals surface area contributed by atoms with Crippen LogP contribution in [0.2, 0.25) is 0 Å². The van der Waals surface area contributed by atoms with Gasteiger partial charge in [0.05, 0.1) is 5.54 Å². The third kappa shape index (κ3) is 2.15. The van der Waals surface area contributed by atoms with E-state index in [1.54, 1.807) is 0 Å². The van der Waals surface area contributed by atoms with Crippen LogP contribution in [-0.4, -0.2) is 43.7 Å². The van der Waals surface area contributed by atoms with Gasteiger partial charge in [-0.1, -0.05) is 25.1 Å². The zero-order chi connectivity index (χ0) is 13.5. The van der Waals surface area contributed by atoms with Crippen LogP contribution in [0.1, 0.15) is 18.9 Å². The van der Waals surface area contributed by atoms with Gasteiger partial charge in [-0.25, -0.2) is 0 Å². The van der Waals surface area contributed by atoms with Crippen LogP contribution in [0, 0.1) is 5.92 Å². The van der Waals surface area contributed by atoms with Gasteiger partial charge in [0, 0.05) is 31.9 Å². The number of anilines is 1. The Labute approximate surface area is 116 Å². The standard InChI is InChI=1S/C16H25N3/c1-13-9-14-5-3-4-6-15(14)19(10-13)16(11-17)7-8-18(2)12-16/h3-6,13H,7-12,17H2,1-2H3. The van der Waals surface area contributed by atoms with E-state index in [9.17, 15) is 0 Å². The van der Waals surface area contributed by atoms with Crippen molar-refractivity contribution in [1.29, 1.82) is 0 Å². The van der Waals surface area contributed by atoms with Gasteiger partial charge in [-0.05, 0) is 37.4 Å². The summed E-state index contributed by atoms with van der Waals surface area (Å²) < 4.78 is 0. The van der Waals surface area contributed by atoms with E-state index in [1.165, 1.54) is 24.1 Å². The van der Waals surface area contributed by atoms with E-state index < -0.39 is 0 Å². The molecule has 1 aromatic rings. The Balaban J connectivity index is 2.00. The molecule has 0 aromatic heterocycles. The second-order valence-corrected chi connectivity index (χ2v) is 6.46. The predicted octanol–water partition coefficient (Wildman–Crippen LogP) is 1.72. The molecule has 0 saturated carbocycles. The molecule has 0 amide bonds. The number of nitrogens with two attached hydrogens (primary N) is 1. The molecule has 1 aromatic carbocycles. The van der Waals surface area contributed by atoms with Crippen molar-refractivity contribution >= 4 is 5.69 Å². The zero-order valence-electron chi connectivity index (χ0n) is 12.1. The van der Waals surface area contributed by atoms with Crippen molar-refractivity contribution in [3.8, 4) is 0 Å². The lowest BCUT2D eigenvalue weighted by Gasteiger charge is -2.47. The second kappa shape index (κ2) is 4.80. The molecule has 19 heavy (non-hydrogen) atoms. The van der Waals surface area contributed by atoms with E-state index in [-0.39, 0.29) is 5.54 Å². The highest BCUT2D eigenvalue weighted by Gasteiger charge is 2.43.